The molecule has 4 nitrogen and oxygen atoms in total. The van der Waals surface area contributed by atoms with E-state index in [2.05, 4.69) is 21.0 Å². The smallest absolute Gasteiger partial charge is 0.357 e. The molecule has 13 heavy (non-hydrogen) atoms. The van der Waals surface area contributed by atoms with Crippen molar-refractivity contribution in [1.82, 2.24) is 9.78 Å². The number of carbonyl (C=O) groups is 1. The van der Waals surface area contributed by atoms with Crippen LogP contribution < -0.4 is 0 Å². The van der Waals surface area contributed by atoms with Crippen molar-refractivity contribution < 1.29 is 9.90 Å². The molecule has 0 aliphatic rings. The van der Waals surface area contributed by atoms with E-state index in [0.29, 0.717) is 4.47 Å². The molecule has 0 saturated carbocycles. The molecule has 0 spiro atoms. The summed E-state index contributed by atoms with van der Waals surface area (Å²) in [6, 6.07) is 0.226. The third kappa shape index (κ3) is 2.09. The van der Waals surface area contributed by atoms with Crippen molar-refractivity contribution >= 4 is 21.9 Å². The van der Waals surface area contributed by atoms with Crippen LogP contribution in [0, 0.1) is 0 Å². The maximum atomic E-state index is 10.6. The summed E-state index contributed by atoms with van der Waals surface area (Å²) in [5.74, 6) is -1.01. The minimum atomic E-state index is -1.01. The number of halogens is 1. The summed E-state index contributed by atoms with van der Waals surface area (Å²) in [6.45, 7) is 4.02. The van der Waals surface area contributed by atoms with E-state index in [0.717, 1.165) is 6.42 Å². The van der Waals surface area contributed by atoms with Gasteiger partial charge < -0.3 is 5.11 Å². The van der Waals surface area contributed by atoms with Gasteiger partial charge in [0.1, 0.15) is 0 Å². The number of carboxylic acid groups (broad SMARTS) is 1. The first-order valence-electron chi connectivity index (χ1n) is 4.04. The zero-order valence-corrected chi connectivity index (χ0v) is 9.08. The molecule has 0 radical (unpaired) electrons. The highest BCUT2D eigenvalue weighted by molar-refractivity contribution is 9.10. The monoisotopic (exact) mass is 246 g/mol. The first kappa shape index (κ1) is 10.2. The Hall–Kier alpha value is -0.840. The fourth-order valence-corrected chi connectivity index (χ4v) is 1.39. The van der Waals surface area contributed by atoms with Crippen molar-refractivity contribution in [1.29, 1.82) is 0 Å². The summed E-state index contributed by atoms with van der Waals surface area (Å²) in [5, 5.41) is 12.7. The van der Waals surface area contributed by atoms with Gasteiger partial charge in [0.15, 0.2) is 5.69 Å². The van der Waals surface area contributed by atoms with Crippen LogP contribution in [-0.2, 0) is 0 Å². The fraction of sp³-hybridized carbons (Fsp3) is 0.500. The van der Waals surface area contributed by atoms with Crippen molar-refractivity contribution in [3.05, 3.63) is 16.4 Å². The summed E-state index contributed by atoms with van der Waals surface area (Å²) >= 11 is 3.15. The predicted molar refractivity (Wildman–Crippen MR) is 51.9 cm³/mol. The topological polar surface area (TPSA) is 55.1 Å². The predicted octanol–water partition coefficient (Wildman–Crippen LogP) is 2.31. The molecular weight excluding hydrogens is 236 g/mol. The molecule has 1 rings (SSSR count). The van der Waals surface area contributed by atoms with Crippen LogP contribution in [0.1, 0.15) is 36.8 Å². The van der Waals surface area contributed by atoms with Crippen LogP contribution in [0.5, 0.6) is 0 Å². The maximum Gasteiger partial charge on any atom is 0.357 e. The Bertz CT molecular complexity index is 322. The average Bonchev–Trinajstić information content (AvgIpc) is 2.46. The molecule has 1 N–H and O–H groups in total. The molecule has 1 atom stereocenters. The molecular formula is C8H11BrN2O2. The second-order valence-corrected chi connectivity index (χ2v) is 3.72. The van der Waals surface area contributed by atoms with Gasteiger partial charge >= 0.3 is 5.97 Å². The molecule has 0 aliphatic carbocycles. The van der Waals surface area contributed by atoms with E-state index in [1.165, 1.54) is 0 Å². The maximum absolute atomic E-state index is 10.6. The van der Waals surface area contributed by atoms with E-state index in [1.54, 1.807) is 10.9 Å². The van der Waals surface area contributed by atoms with E-state index in [1.807, 2.05) is 13.8 Å². The Balaban J connectivity index is 3.01. The van der Waals surface area contributed by atoms with Crippen LogP contribution in [-0.4, -0.2) is 20.9 Å². The molecule has 0 unspecified atom stereocenters. The first-order valence-corrected chi connectivity index (χ1v) is 4.83. The number of rotatable bonds is 3. The molecule has 72 valence electrons. The Kier molecular flexibility index (Phi) is 3.08. The van der Waals surface area contributed by atoms with Crippen LogP contribution >= 0.6 is 15.9 Å². The average molecular weight is 247 g/mol. The number of hydrogen-bond acceptors (Lipinski definition) is 2. The van der Waals surface area contributed by atoms with Gasteiger partial charge in [-0.05, 0) is 29.3 Å². The van der Waals surface area contributed by atoms with Gasteiger partial charge in [-0.25, -0.2) is 4.79 Å². The molecule has 5 heteroatoms. The lowest BCUT2D eigenvalue weighted by atomic mass is 10.3. The van der Waals surface area contributed by atoms with Crippen LogP contribution in [0.4, 0.5) is 0 Å². The van der Waals surface area contributed by atoms with Gasteiger partial charge in [0.05, 0.1) is 4.47 Å². The fourth-order valence-electron chi connectivity index (χ4n) is 0.927. The Morgan fingerprint density at radius 3 is 2.85 bits per heavy atom. The third-order valence-corrected chi connectivity index (χ3v) is 2.51. The summed E-state index contributed by atoms with van der Waals surface area (Å²) < 4.78 is 2.19. The normalized spacial score (nSPS) is 12.8. The first-order chi connectivity index (χ1) is 6.06. The van der Waals surface area contributed by atoms with Gasteiger partial charge in [0, 0.05) is 12.2 Å². The van der Waals surface area contributed by atoms with Gasteiger partial charge in [0.2, 0.25) is 0 Å². The lowest BCUT2D eigenvalue weighted by molar-refractivity contribution is 0.0688. The van der Waals surface area contributed by atoms with Gasteiger partial charge in [-0.1, -0.05) is 6.92 Å². The Morgan fingerprint density at radius 1 is 1.85 bits per heavy atom. The van der Waals surface area contributed by atoms with Gasteiger partial charge in [0.25, 0.3) is 0 Å². The van der Waals surface area contributed by atoms with E-state index in [9.17, 15) is 4.79 Å². The highest BCUT2D eigenvalue weighted by Gasteiger charge is 2.15. The summed E-state index contributed by atoms with van der Waals surface area (Å²) in [4.78, 5) is 10.6. The van der Waals surface area contributed by atoms with Gasteiger partial charge in [-0.2, -0.15) is 5.10 Å². The van der Waals surface area contributed by atoms with E-state index in [-0.39, 0.29) is 11.7 Å². The lowest BCUT2D eigenvalue weighted by Gasteiger charge is -2.07. The molecule has 1 aromatic heterocycles. The zero-order valence-electron chi connectivity index (χ0n) is 7.49. The van der Waals surface area contributed by atoms with Crippen LogP contribution in [0.2, 0.25) is 0 Å². The summed E-state index contributed by atoms with van der Waals surface area (Å²) in [5.41, 5.74) is 0.0697. The molecule has 0 aliphatic heterocycles. The van der Waals surface area contributed by atoms with Crippen molar-refractivity contribution in [3.8, 4) is 0 Å². The Morgan fingerprint density at radius 2 is 2.46 bits per heavy atom. The molecule has 1 heterocycles. The quantitative estimate of drug-likeness (QED) is 0.891. The molecule has 0 amide bonds. The molecule has 0 saturated heterocycles. The highest BCUT2D eigenvalue weighted by atomic mass is 79.9. The minimum Gasteiger partial charge on any atom is -0.476 e. The molecule has 1 aromatic rings. The minimum absolute atomic E-state index is 0.0697. The van der Waals surface area contributed by atoms with Gasteiger partial charge in [-0.15, -0.1) is 0 Å². The lowest BCUT2D eigenvalue weighted by Crippen LogP contribution is -2.06. The largest absolute Gasteiger partial charge is 0.476 e. The molecule has 0 aromatic carbocycles. The summed E-state index contributed by atoms with van der Waals surface area (Å²) in [7, 11) is 0. The van der Waals surface area contributed by atoms with Crippen LogP contribution in [0.15, 0.2) is 10.7 Å². The number of aromatic nitrogens is 2. The summed E-state index contributed by atoms with van der Waals surface area (Å²) in [6.07, 6.45) is 2.62. The van der Waals surface area contributed by atoms with Crippen molar-refractivity contribution in [2.45, 2.75) is 26.3 Å². The van der Waals surface area contributed by atoms with Crippen LogP contribution in [0.25, 0.3) is 0 Å². The van der Waals surface area contributed by atoms with Crippen molar-refractivity contribution in [3.63, 3.8) is 0 Å². The standard InChI is InChI=1S/C8H11BrN2O2/c1-3-5(2)11-4-6(9)7(10-11)8(12)13/h4-5H,3H2,1-2H3,(H,12,13)/t5-/m1/s1. The second-order valence-electron chi connectivity index (χ2n) is 2.87. The van der Waals surface area contributed by atoms with Crippen LogP contribution in [0.3, 0.4) is 0 Å². The molecule has 0 bridgehead atoms. The van der Waals surface area contributed by atoms with Gasteiger partial charge in [-0.3, -0.25) is 4.68 Å². The third-order valence-electron chi connectivity index (χ3n) is 1.93. The number of hydrogen-bond donors (Lipinski definition) is 1. The second kappa shape index (κ2) is 3.91. The molecule has 0 fully saturated rings. The number of aromatic carboxylic acids is 1. The van der Waals surface area contributed by atoms with E-state index < -0.39 is 5.97 Å². The SMILES string of the molecule is CC[C@@H](C)n1cc(Br)c(C(=O)O)n1. The van der Waals surface area contributed by atoms with E-state index in [4.69, 9.17) is 5.11 Å². The Labute approximate surface area is 84.7 Å². The highest BCUT2D eigenvalue weighted by Crippen LogP contribution is 2.18. The van der Waals surface area contributed by atoms with Crippen molar-refractivity contribution in [2.24, 2.45) is 0 Å². The number of carboxylic acids is 1. The van der Waals surface area contributed by atoms with E-state index >= 15 is 0 Å². The van der Waals surface area contributed by atoms with Crippen molar-refractivity contribution in [2.75, 3.05) is 0 Å². The number of nitrogens with zero attached hydrogens (tertiary/aromatic N) is 2. The zero-order chi connectivity index (χ0) is 10.0.